The van der Waals surface area contributed by atoms with Crippen molar-refractivity contribution in [3.05, 3.63) is 39.7 Å². The Bertz CT molecular complexity index is 637. The summed E-state index contributed by atoms with van der Waals surface area (Å²) in [6.45, 7) is 4.12. The third-order valence-corrected chi connectivity index (χ3v) is 4.57. The number of anilines is 1. The van der Waals surface area contributed by atoms with Crippen LogP contribution in [0.4, 0.5) is 5.69 Å². The number of thiophene rings is 1. The number of hydrogen-bond acceptors (Lipinski definition) is 4. The summed E-state index contributed by atoms with van der Waals surface area (Å²) < 4.78 is 5.05. The molecule has 1 aromatic carbocycles. The SMILES string of the molecule is CCOC(=O)c1sc(-c2ccccc2Cl)c(CC)c1N. The fourth-order valence-corrected chi connectivity index (χ4v) is 3.57. The molecular formula is C15H16ClNO2S. The number of carbonyl (C=O) groups excluding carboxylic acids is 1. The molecule has 2 N–H and O–H groups in total. The van der Waals surface area contributed by atoms with Crippen LogP contribution in [0.1, 0.15) is 29.1 Å². The number of carbonyl (C=O) groups is 1. The fraction of sp³-hybridized carbons (Fsp3) is 0.267. The zero-order chi connectivity index (χ0) is 14.7. The second-order valence-corrected chi connectivity index (χ2v) is 5.63. The van der Waals surface area contributed by atoms with Crippen LogP contribution in [-0.4, -0.2) is 12.6 Å². The van der Waals surface area contributed by atoms with Crippen LogP contribution in [0.5, 0.6) is 0 Å². The molecule has 0 spiro atoms. The van der Waals surface area contributed by atoms with Gasteiger partial charge in [0.25, 0.3) is 0 Å². The van der Waals surface area contributed by atoms with Crippen LogP contribution in [0.2, 0.25) is 5.02 Å². The third-order valence-electron chi connectivity index (χ3n) is 2.98. The zero-order valence-electron chi connectivity index (χ0n) is 11.4. The van der Waals surface area contributed by atoms with E-state index < -0.39 is 0 Å². The van der Waals surface area contributed by atoms with Gasteiger partial charge in [-0.05, 0) is 25.0 Å². The molecule has 0 saturated heterocycles. The first-order chi connectivity index (χ1) is 9.60. The highest BCUT2D eigenvalue weighted by Crippen LogP contribution is 2.41. The number of benzene rings is 1. The van der Waals surface area contributed by atoms with Crippen LogP contribution in [0.15, 0.2) is 24.3 Å². The van der Waals surface area contributed by atoms with Crippen LogP contribution in [0.25, 0.3) is 10.4 Å². The summed E-state index contributed by atoms with van der Waals surface area (Å²) in [6, 6.07) is 7.55. The Morgan fingerprint density at radius 1 is 1.35 bits per heavy atom. The standard InChI is InChI=1S/C15H16ClNO2S/c1-3-9-12(17)14(15(18)19-4-2)20-13(9)10-7-5-6-8-11(10)16/h5-8H,3-4,17H2,1-2H3. The summed E-state index contributed by atoms with van der Waals surface area (Å²) in [6.07, 6.45) is 0.738. The van der Waals surface area contributed by atoms with Crippen LogP contribution in [0, 0.1) is 0 Å². The molecule has 0 unspecified atom stereocenters. The molecule has 0 saturated carbocycles. The van der Waals surface area contributed by atoms with Gasteiger partial charge in [0.1, 0.15) is 4.88 Å². The van der Waals surface area contributed by atoms with Crippen molar-refractivity contribution >= 4 is 34.6 Å². The number of nitrogen functional groups attached to an aromatic ring is 1. The second-order valence-electron chi connectivity index (χ2n) is 4.21. The average Bonchev–Trinajstić information content (AvgIpc) is 2.76. The molecule has 3 nitrogen and oxygen atoms in total. The normalized spacial score (nSPS) is 10.6. The van der Waals surface area contributed by atoms with E-state index in [1.807, 2.05) is 31.2 Å². The quantitative estimate of drug-likeness (QED) is 0.852. The van der Waals surface area contributed by atoms with Gasteiger partial charge in [-0.1, -0.05) is 36.7 Å². The third kappa shape index (κ3) is 2.67. The first-order valence-corrected chi connectivity index (χ1v) is 7.62. The van der Waals surface area contributed by atoms with Crippen molar-refractivity contribution < 1.29 is 9.53 Å². The van der Waals surface area contributed by atoms with E-state index in [0.29, 0.717) is 22.2 Å². The maximum Gasteiger partial charge on any atom is 0.350 e. The first kappa shape index (κ1) is 14.9. The van der Waals surface area contributed by atoms with Gasteiger partial charge in [-0.25, -0.2) is 4.79 Å². The topological polar surface area (TPSA) is 52.3 Å². The lowest BCUT2D eigenvalue weighted by molar-refractivity contribution is 0.0533. The number of ether oxygens (including phenoxy) is 1. The Balaban J connectivity index is 2.57. The summed E-state index contributed by atoms with van der Waals surface area (Å²) in [5, 5.41) is 0.652. The summed E-state index contributed by atoms with van der Waals surface area (Å²) >= 11 is 7.58. The summed E-state index contributed by atoms with van der Waals surface area (Å²) in [4.78, 5) is 13.3. The molecule has 5 heteroatoms. The monoisotopic (exact) mass is 309 g/mol. The minimum atomic E-state index is -0.372. The number of hydrogen-bond donors (Lipinski definition) is 1. The number of nitrogens with two attached hydrogens (primary N) is 1. The molecule has 106 valence electrons. The summed E-state index contributed by atoms with van der Waals surface area (Å²) in [5.74, 6) is -0.372. The van der Waals surface area contributed by atoms with Crippen molar-refractivity contribution in [2.45, 2.75) is 20.3 Å². The Morgan fingerprint density at radius 2 is 2.05 bits per heavy atom. The van der Waals surface area contributed by atoms with Crippen molar-refractivity contribution in [2.24, 2.45) is 0 Å². The summed E-state index contributed by atoms with van der Waals surface area (Å²) in [7, 11) is 0. The van der Waals surface area contributed by atoms with E-state index >= 15 is 0 Å². The Hall–Kier alpha value is -1.52. The van der Waals surface area contributed by atoms with Crippen LogP contribution >= 0.6 is 22.9 Å². The number of esters is 1. The Morgan fingerprint density at radius 3 is 2.65 bits per heavy atom. The van der Waals surface area contributed by atoms with Gasteiger partial charge >= 0.3 is 5.97 Å². The molecule has 0 aliphatic carbocycles. The van der Waals surface area contributed by atoms with Gasteiger partial charge < -0.3 is 10.5 Å². The maximum atomic E-state index is 11.9. The van der Waals surface area contributed by atoms with E-state index in [2.05, 4.69) is 0 Å². The van der Waals surface area contributed by atoms with Gasteiger partial charge in [-0.15, -0.1) is 11.3 Å². The molecule has 0 aliphatic heterocycles. The van der Waals surface area contributed by atoms with Gasteiger partial charge in [0.2, 0.25) is 0 Å². The van der Waals surface area contributed by atoms with Crippen molar-refractivity contribution in [3.8, 4) is 10.4 Å². The Labute approximate surface area is 127 Å². The van der Waals surface area contributed by atoms with Gasteiger partial charge in [0.15, 0.2) is 0 Å². The van der Waals surface area contributed by atoms with Crippen LogP contribution in [0.3, 0.4) is 0 Å². The second kappa shape index (κ2) is 6.29. The zero-order valence-corrected chi connectivity index (χ0v) is 13.0. The highest BCUT2D eigenvalue weighted by molar-refractivity contribution is 7.18. The van der Waals surface area contributed by atoms with Crippen molar-refractivity contribution in [1.29, 1.82) is 0 Å². The predicted molar refractivity (Wildman–Crippen MR) is 84.5 cm³/mol. The molecule has 20 heavy (non-hydrogen) atoms. The minimum Gasteiger partial charge on any atom is -0.462 e. The lowest BCUT2D eigenvalue weighted by Gasteiger charge is -2.04. The molecule has 0 bridgehead atoms. The molecule has 0 atom stereocenters. The van der Waals surface area contributed by atoms with Crippen molar-refractivity contribution in [3.63, 3.8) is 0 Å². The molecule has 1 aromatic heterocycles. The molecular weight excluding hydrogens is 294 g/mol. The van der Waals surface area contributed by atoms with E-state index in [0.717, 1.165) is 22.4 Å². The highest BCUT2D eigenvalue weighted by Gasteiger charge is 2.22. The van der Waals surface area contributed by atoms with Crippen LogP contribution < -0.4 is 5.73 Å². The maximum absolute atomic E-state index is 11.9. The Kier molecular flexibility index (Phi) is 4.68. The molecule has 0 fully saturated rings. The van der Waals surface area contributed by atoms with E-state index in [9.17, 15) is 4.79 Å². The lowest BCUT2D eigenvalue weighted by atomic mass is 10.1. The molecule has 2 aromatic rings. The van der Waals surface area contributed by atoms with Crippen molar-refractivity contribution in [1.82, 2.24) is 0 Å². The number of rotatable bonds is 4. The van der Waals surface area contributed by atoms with Gasteiger partial charge in [-0.2, -0.15) is 0 Å². The predicted octanol–water partition coefficient (Wildman–Crippen LogP) is 4.39. The average molecular weight is 310 g/mol. The highest BCUT2D eigenvalue weighted by atomic mass is 35.5. The summed E-state index contributed by atoms with van der Waals surface area (Å²) in [5.41, 5.74) is 8.46. The van der Waals surface area contributed by atoms with E-state index in [1.165, 1.54) is 11.3 Å². The smallest absolute Gasteiger partial charge is 0.350 e. The minimum absolute atomic E-state index is 0.332. The van der Waals surface area contributed by atoms with Crippen molar-refractivity contribution in [2.75, 3.05) is 12.3 Å². The van der Waals surface area contributed by atoms with E-state index in [4.69, 9.17) is 22.1 Å². The lowest BCUT2D eigenvalue weighted by Crippen LogP contribution is -2.05. The van der Waals surface area contributed by atoms with Crippen LogP contribution in [-0.2, 0) is 11.2 Å². The molecule has 1 heterocycles. The molecule has 0 amide bonds. The number of halogens is 1. The molecule has 0 radical (unpaired) electrons. The van der Waals surface area contributed by atoms with Gasteiger partial charge in [0.05, 0.1) is 12.3 Å². The van der Waals surface area contributed by atoms with E-state index in [1.54, 1.807) is 6.92 Å². The molecule has 2 rings (SSSR count). The first-order valence-electron chi connectivity index (χ1n) is 6.43. The van der Waals surface area contributed by atoms with Gasteiger partial charge in [-0.3, -0.25) is 0 Å². The fourth-order valence-electron chi connectivity index (χ4n) is 2.04. The largest absolute Gasteiger partial charge is 0.462 e. The molecule has 0 aliphatic rings. The van der Waals surface area contributed by atoms with Gasteiger partial charge in [0, 0.05) is 15.5 Å². The van der Waals surface area contributed by atoms with E-state index in [-0.39, 0.29) is 5.97 Å².